The molecular formula is C27H47N3O10SSi2. The highest BCUT2D eigenvalue weighted by atomic mass is 32.2. The molecule has 0 aromatic carbocycles. The van der Waals surface area contributed by atoms with E-state index in [1.807, 2.05) is 67.7 Å². The summed E-state index contributed by atoms with van der Waals surface area (Å²) < 4.78 is 59.7. The maximum absolute atomic E-state index is 13.6. The summed E-state index contributed by atoms with van der Waals surface area (Å²) in [6.07, 6.45) is -2.58. The van der Waals surface area contributed by atoms with E-state index in [2.05, 4.69) is 5.32 Å². The Hall–Kier alpha value is -2.09. The van der Waals surface area contributed by atoms with Crippen molar-refractivity contribution in [3.05, 3.63) is 43.7 Å². The fraction of sp³-hybridized carbons (Fsp3) is 0.741. The molecule has 1 saturated heterocycles. The van der Waals surface area contributed by atoms with Crippen LogP contribution in [0.5, 0.6) is 0 Å². The van der Waals surface area contributed by atoms with E-state index in [0.717, 1.165) is 9.98 Å². The van der Waals surface area contributed by atoms with Crippen LogP contribution >= 0.6 is 0 Å². The molecule has 2 aliphatic rings. The number of nitrogens with zero attached hydrogens (tertiary/aromatic N) is 2. The van der Waals surface area contributed by atoms with Crippen molar-refractivity contribution in [2.45, 2.75) is 109 Å². The molecule has 1 aromatic heterocycles. The van der Waals surface area contributed by atoms with Gasteiger partial charge in [0.05, 0.1) is 18.2 Å². The standard InChI is InChI=1S/C27H47N3O10SSi2/c1-17-15-30(24(33)29(8)21(17)32)22-20(38-42(10,11)25(2,3)4)27(23(37-22)39-43(12,13)26(5,6)7)18(16-41(34,35)40-27)28-14-19(31)36-9/h15-16,20,22-23,28H,14H2,1-13H3/t20?,22-,23?,27?/m1/s1. The largest absolute Gasteiger partial charge is 0.468 e. The zero-order valence-electron chi connectivity index (χ0n) is 27.5. The van der Waals surface area contributed by atoms with Crippen LogP contribution in [0, 0.1) is 6.92 Å². The first-order valence-electron chi connectivity index (χ1n) is 14.1. The average Bonchev–Trinajstić information content (AvgIpc) is 3.29. The summed E-state index contributed by atoms with van der Waals surface area (Å²) in [6, 6.07) is 0. The van der Waals surface area contributed by atoms with Gasteiger partial charge in [-0.05, 0) is 43.2 Å². The van der Waals surface area contributed by atoms with Crippen LogP contribution in [0.25, 0.3) is 0 Å². The molecule has 4 atom stereocenters. The van der Waals surface area contributed by atoms with Gasteiger partial charge >= 0.3 is 11.7 Å². The Morgan fingerprint density at radius 3 is 2.09 bits per heavy atom. The van der Waals surface area contributed by atoms with Crippen molar-refractivity contribution in [3.8, 4) is 0 Å². The number of methoxy groups -OCH3 is 1. The molecule has 0 radical (unpaired) electrons. The Balaban J connectivity index is 2.40. The maximum atomic E-state index is 13.6. The van der Waals surface area contributed by atoms with Crippen molar-refractivity contribution >= 4 is 32.7 Å². The molecule has 3 unspecified atom stereocenters. The van der Waals surface area contributed by atoms with E-state index < -0.39 is 68.2 Å². The monoisotopic (exact) mass is 661 g/mol. The summed E-state index contributed by atoms with van der Waals surface area (Å²) in [4.78, 5) is 38.4. The van der Waals surface area contributed by atoms with Crippen molar-refractivity contribution < 1.29 is 35.7 Å². The zero-order valence-corrected chi connectivity index (χ0v) is 30.3. The molecule has 16 heteroatoms. The number of aromatic nitrogens is 2. The molecule has 0 aliphatic carbocycles. The fourth-order valence-electron chi connectivity index (χ4n) is 4.37. The van der Waals surface area contributed by atoms with Gasteiger partial charge in [-0.1, -0.05) is 41.5 Å². The number of ether oxygens (including phenoxy) is 2. The molecule has 0 amide bonds. The number of rotatable bonds is 8. The van der Waals surface area contributed by atoms with Crippen LogP contribution in [-0.2, 0) is 44.5 Å². The first kappa shape index (κ1) is 35.4. The SMILES string of the molecule is COC(=O)CNC1=CS(=O)(=O)OC12C(O[Si](C)(C)C(C)(C)C)O[C@@H](n1cc(C)c(=O)n(C)c1=O)C2O[Si](C)(C)C(C)(C)C. The van der Waals surface area contributed by atoms with Crippen LogP contribution < -0.4 is 16.6 Å². The van der Waals surface area contributed by atoms with Crippen molar-refractivity contribution in [3.63, 3.8) is 0 Å². The maximum Gasteiger partial charge on any atom is 0.332 e. The second-order valence-corrected chi connectivity index (χ2v) is 25.1. The molecule has 3 heterocycles. The van der Waals surface area contributed by atoms with Gasteiger partial charge in [-0.3, -0.25) is 18.7 Å². The number of carbonyl (C=O) groups is 1. The second-order valence-electron chi connectivity index (χ2n) is 14.2. The Morgan fingerprint density at radius 2 is 1.58 bits per heavy atom. The van der Waals surface area contributed by atoms with Gasteiger partial charge in [0, 0.05) is 18.8 Å². The van der Waals surface area contributed by atoms with Crippen molar-refractivity contribution in [1.29, 1.82) is 0 Å². The lowest BCUT2D eigenvalue weighted by molar-refractivity contribution is -0.149. The Labute approximate surface area is 255 Å². The molecule has 1 fully saturated rings. The van der Waals surface area contributed by atoms with E-state index in [4.69, 9.17) is 22.5 Å². The van der Waals surface area contributed by atoms with Crippen molar-refractivity contribution in [2.75, 3.05) is 13.7 Å². The van der Waals surface area contributed by atoms with E-state index in [1.165, 1.54) is 24.9 Å². The van der Waals surface area contributed by atoms with Gasteiger partial charge in [0.25, 0.3) is 15.7 Å². The number of hydrogen-bond donors (Lipinski definition) is 1. The number of nitrogens with one attached hydrogen (secondary N) is 1. The Morgan fingerprint density at radius 1 is 1.05 bits per heavy atom. The first-order valence-corrected chi connectivity index (χ1v) is 21.4. The highest BCUT2D eigenvalue weighted by molar-refractivity contribution is 7.90. The second kappa shape index (κ2) is 11.4. The summed E-state index contributed by atoms with van der Waals surface area (Å²) in [6.45, 7) is 21.2. The smallest absolute Gasteiger partial charge is 0.332 e. The van der Waals surface area contributed by atoms with Gasteiger partial charge in [0.1, 0.15) is 12.6 Å². The van der Waals surface area contributed by atoms with Crippen LogP contribution in [0.3, 0.4) is 0 Å². The number of esters is 1. The van der Waals surface area contributed by atoms with Gasteiger partial charge in [0.2, 0.25) is 5.60 Å². The zero-order chi connectivity index (χ0) is 33.1. The molecule has 1 N–H and O–H groups in total. The van der Waals surface area contributed by atoms with Gasteiger partial charge in [-0.25, -0.2) is 8.98 Å². The molecule has 244 valence electrons. The predicted octanol–water partition coefficient (Wildman–Crippen LogP) is 2.83. The lowest BCUT2D eigenvalue weighted by atomic mass is 9.93. The quantitative estimate of drug-likeness (QED) is 0.249. The van der Waals surface area contributed by atoms with Crippen LogP contribution in [0.15, 0.2) is 26.9 Å². The van der Waals surface area contributed by atoms with Gasteiger partial charge in [-0.2, -0.15) is 8.42 Å². The van der Waals surface area contributed by atoms with Gasteiger partial charge < -0.3 is 23.6 Å². The lowest BCUT2D eigenvalue weighted by Crippen LogP contribution is -2.61. The Kier molecular flexibility index (Phi) is 9.36. The molecule has 1 aromatic rings. The van der Waals surface area contributed by atoms with Crippen LogP contribution in [0.4, 0.5) is 0 Å². The third-order valence-corrected chi connectivity index (χ3v) is 19.0. The topological polar surface area (TPSA) is 153 Å². The Bertz CT molecular complexity index is 1520. The molecule has 0 saturated carbocycles. The average molecular weight is 662 g/mol. The minimum atomic E-state index is -4.36. The van der Waals surface area contributed by atoms with Crippen LogP contribution in [0.2, 0.25) is 36.3 Å². The number of carbonyl (C=O) groups excluding carboxylic acids is 1. The third-order valence-electron chi connectivity index (χ3n) is 9.08. The minimum Gasteiger partial charge on any atom is -0.468 e. The molecule has 2 aliphatic heterocycles. The van der Waals surface area contributed by atoms with E-state index in [0.29, 0.717) is 0 Å². The van der Waals surface area contributed by atoms with E-state index in [1.54, 1.807) is 6.92 Å². The highest BCUT2D eigenvalue weighted by Crippen LogP contribution is 2.54. The molecule has 13 nitrogen and oxygen atoms in total. The summed E-state index contributed by atoms with van der Waals surface area (Å²) in [5.41, 5.74) is -2.92. The van der Waals surface area contributed by atoms with E-state index in [9.17, 15) is 22.8 Å². The normalized spacial score (nSPS) is 26.1. The lowest BCUT2D eigenvalue weighted by Gasteiger charge is -2.45. The van der Waals surface area contributed by atoms with E-state index >= 15 is 0 Å². The van der Waals surface area contributed by atoms with Crippen LogP contribution in [0.1, 0.15) is 53.3 Å². The minimum absolute atomic E-state index is 0.0255. The van der Waals surface area contributed by atoms with Crippen molar-refractivity contribution in [2.24, 2.45) is 7.05 Å². The molecule has 1 spiro atoms. The van der Waals surface area contributed by atoms with E-state index in [-0.39, 0.29) is 27.9 Å². The first-order chi connectivity index (χ1) is 19.3. The van der Waals surface area contributed by atoms with Gasteiger partial charge in [-0.15, -0.1) is 0 Å². The van der Waals surface area contributed by atoms with Gasteiger partial charge in [0.15, 0.2) is 29.2 Å². The molecule has 3 rings (SSSR count). The summed E-state index contributed by atoms with van der Waals surface area (Å²) >= 11 is 0. The predicted molar refractivity (Wildman–Crippen MR) is 166 cm³/mol. The summed E-state index contributed by atoms with van der Waals surface area (Å²) in [7, 11) is -7.29. The number of aryl methyl sites for hydroxylation is 1. The highest BCUT2D eigenvalue weighted by Gasteiger charge is 2.69. The number of hydrogen-bond acceptors (Lipinski definition) is 11. The fourth-order valence-corrected chi connectivity index (χ4v) is 8.02. The summed E-state index contributed by atoms with van der Waals surface area (Å²) in [5.74, 6) is -0.649. The van der Waals surface area contributed by atoms with Crippen LogP contribution in [-0.4, -0.2) is 71.8 Å². The summed E-state index contributed by atoms with van der Waals surface area (Å²) in [5, 5.41) is 3.07. The molecule has 43 heavy (non-hydrogen) atoms. The van der Waals surface area contributed by atoms with Crippen molar-refractivity contribution in [1.82, 2.24) is 14.5 Å². The third kappa shape index (κ3) is 6.51. The molecule has 0 bridgehead atoms. The molecular weight excluding hydrogens is 615 g/mol.